The maximum absolute atomic E-state index is 11.8. The maximum Gasteiger partial charge on any atom is 0.224 e. The average molecular weight is 214 g/mol. The Morgan fingerprint density at radius 2 is 1.87 bits per heavy atom. The van der Waals surface area contributed by atoms with E-state index in [1.165, 1.54) is 0 Å². The summed E-state index contributed by atoms with van der Waals surface area (Å²) < 4.78 is 0. The number of carbonyl (C=O) groups excluding carboxylic acids is 1. The maximum atomic E-state index is 11.8. The van der Waals surface area contributed by atoms with Gasteiger partial charge in [0.2, 0.25) is 5.91 Å². The second-order valence-corrected chi connectivity index (χ2v) is 5.42. The lowest BCUT2D eigenvalue weighted by molar-refractivity contribution is -0.134. The van der Waals surface area contributed by atoms with Gasteiger partial charge in [-0.25, -0.2) is 0 Å². The molecule has 2 N–H and O–H groups in total. The molecule has 15 heavy (non-hydrogen) atoms. The van der Waals surface area contributed by atoms with Crippen LogP contribution in [0.15, 0.2) is 0 Å². The molecule has 0 radical (unpaired) electrons. The molecule has 0 aromatic heterocycles. The summed E-state index contributed by atoms with van der Waals surface area (Å²) >= 11 is 0. The number of amides is 1. The number of hydrogen-bond acceptors (Lipinski definition) is 2. The van der Waals surface area contributed by atoms with E-state index in [0.29, 0.717) is 6.42 Å². The van der Waals surface area contributed by atoms with Gasteiger partial charge in [0.15, 0.2) is 0 Å². The number of hydrogen-bond donors (Lipinski definition) is 1. The molecule has 0 aromatic rings. The third-order valence-corrected chi connectivity index (χ3v) is 3.19. The zero-order valence-corrected chi connectivity index (χ0v) is 11.0. The molecule has 90 valence electrons. The quantitative estimate of drug-likeness (QED) is 0.778. The van der Waals surface area contributed by atoms with Gasteiger partial charge in [0.25, 0.3) is 0 Å². The molecule has 0 aliphatic heterocycles. The SMILES string of the molecule is CCC(N)CC(=O)N(C)C(C)C(C)(C)C. The van der Waals surface area contributed by atoms with Crippen molar-refractivity contribution in [3.05, 3.63) is 0 Å². The van der Waals surface area contributed by atoms with Crippen LogP contribution in [0.5, 0.6) is 0 Å². The molecular weight excluding hydrogens is 188 g/mol. The van der Waals surface area contributed by atoms with Crippen molar-refractivity contribution in [3.63, 3.8) is 0 Å². The average Bonchev–Trinajstić information content (AvgIpc) is 2.13. The molecule has 0 heterocycles. The van der Waals surface area contributed by atoms with E-state index in [4.69, 9.17) is 5.73 Å². The fourth-order valence-corrected chi connectivity index (χ4v) is 1.31. The predicted octanol–water partition coefficient (Wildman–Crippen LogP) is 2.01. The summed E-state index contributed by atoms with van der Waals surface area (Å²) in [6.45, 7) is 10.5. The lowest BCUT2D eigenvalue weighted by atomic mass is 9.87. The highest BCUT2D eigenvalue weighted by atomic mass is 16.2. The molecule has 2 unspecified atom stereocenters. The number of nitrogens with two attached hydrogens (primary N) is 1. The first kappa shape index (κ1) is 14.4. The lowest BCUT2D eigenvalue weighted by Gasteiger charge is -2.35. The van der Waals surface area contributed by atoms with Crippen LogP contribution in [0.4, 0.5) is 0 Å². The van der Waals surface area contributed by atoms with Gasteiger partial charge in [0.05, 0.1) is 0 Å². The summed E-state index contributed by atoms with van der Waals surface area (Å²) in [6, 6.07) is 0.223. The van der Waals surface area contributed by atoms with Gasteiger partial charge in [-0.15, -0.1) is 0 Å². The fraction of sp³-hybridized carbons (Fsp3) is 0.917. The minimum Gasteiger partial charge on any atom is -0.342 e. The Bertz CT molecular complexity index is 208. The second kappa shape index (κ2) is 5.50. The van der Waals surface area contributed by atoms with E-state index in [9.17, 15) is 4.79 Å². The van der Waals surface area contributed by atoms with Crippen molar-refractivity contribution >= 4 is 5.91 Å². The van der Waals surface area contributed by atoms with Gasteiger partial charge in [-0.1, -0.05) is 27.7 Å². The molecule has 2 atom stereocenters. The first-order chi connectivity index (χ1) is 6.70. The number of rotatable bonds is 4. The first-order valence-corrected chi connectivity index (χ1v) is 5.71. The zero-order valence-electron chi connectivity index (χ0n) is 11.0. The number of nitrogens with zero attached hydrogens (tertiary/aromatic N) is 1. The van der Waals surface area contributed by atoms with Crippen LogP contribution in [0.25, 0.3) is 0 Å². The second-order valence-electron chi connectivity index (χ2n) is 5.42. The Labute approximate surface area is 94.0 Å². The van der Waals surface area contributed by atoms with E-state index in [1.807, 2.05) is 18.9 Å². The largest absolute Gasteiger partial charge is 0.342 e. The van der Waals surface area contributed by atoms with Crippen molar-refractivity contribution in [2.45, 2.75) is 59.5 Å². The van der Waals surface area contributed by atoms with Crippen molar-refractivity contribution in [1.29, 1.82) is 0 Å². The summed E-state index contributed by atoms with van der Waals surface area (Å²) in [6.07, 6.45) is 1.30. The molecule has 0 rings (SSSR count). The monoisotopic (exact) mass is 214 g/mol. The zero-order chi connectivity index (χ0) is 12.2. The van der Waals surface area contributed by atoms with Crippen molar-refractivity contribution in [2.24, 2.45) is 11.1 Å². The van der Waals surface area contributed by atoms with Crippen molar-refractivity contribution in [3.8, 4) is 0 Å². The molecule has 0 aromatic carbocycles. The topological polar surface area (TPSA) is 46.3 Å². The van der Waals surface area contributed by atoms with Crippen LogP contribution in [-0.4, -0.2) is 29.9 Å². The van der Waals surface area contributed by atoms with Crippen molar-refractivity contribution < 1.29 is 4.79 Å². The van der Waals surface area contributed by atoms with Crippen LogP contribution in [0, 0.1) is 5.41 Å². The van der Waals surface area contributed by atoms with Crippen LogP contribution < -0.4 is 5.73 Å². The molecule has 3 heteroatoms. The summed E-state index contributed by atoms with van der Waals surface area (Å²) in [7, 11) is 1.86. The van der Waals surface area contributed by atoms with Crippen LogP contribution in [-0.2, 0) is 4.79 Å². The van der Waals surface area contributed by atoms with Crippen molar-refractivity contribution in [2.75, 3.05) is 7.05 Å². The summed E-state index contributed by atoms with van der Waals surface area (Å²) in [5.41, 5.74) is 5.89. The van der Waals surface area contributed by atoms with E-state index in [-0.39, 0.29) is 23.4 Å². The standard InChI is InChI=1S/C12H26N2O/c1-7-10(13)8-11(15)14(6)9(2)12(3,4)5/h9-10H,7-8,13H2,1-6H3. The Balaban J connectivity index is 4.32. The van der Waals surface area contributed by atoms with Gasteiger partial charge in [0.1, 0.15) is 0 Å². The minimum atomic E-state index is -0.00730. The number of carbonyl (C=O) groups is 1. The third-order valence-electron chi connectivity index (χ3n) is 3.19. The summed E-state index contributed by atoms with van der Waals surface area (Å²) in [5, 5.41) is 0. The van der Waals surface area contributed by atoms with Gasteiger partial charge >= 0.3 is 0 Å². The highest BCUT2D eigenvalue weighted by molar-refractivity contribution is 5.76. The molecule has 0 spiro atoms. The Kier molecular flexibility index (Phi) is 5.29. The molecule has 0 saturated carbocycles. The lowest BCUT2D eigenvalue weighted by Crippen LogP contribution is -2.44. The van der Waals surface area contributed by atoms with Gasteiger partial charge < -0.3 is 10.6 Å². The van der Waals surface area contributed by atoms with Crippen LogP contribution in [0.2, 0.25) is 0 Å². The summed E-state index contributed by atoms with van der Waals surface area (Å²) in [5.74, 6) is 0.145. The van der Waals surface area contributed by atoms with Gasteiger partial charge in [-0.3, -0.25) is 4.79 Å². The van der Waals surface area contributed by atoms with Crippen LogP contribution in [0.3, 0.4) is 0 Å². The van der Waals surface area contributed by atoms with Gasteiger partial charge in [-0.2, -0.15) is 0 Å². The van der Waals surface area contributed by atoms with E-state index in [0.717, 1.165) is 6.42 Å². The molecule has 0 bridgehead atoms. The predicted molar refractivity (Wildman–Crippen MR) is 64.6 cm³/mol. The molecular formula is C12H26N2O. The van der Waals surface area contributed by atoms with E-state index >= 15 is 0 Å². The highest BCUT2D eigenvalue weighted by Gasteiger charge is 2.27. The normalized spacial score (nSPS) is 15.9. The fourth-order valence-electron chi connectivity index (χ4n) is 1.31. The first-order valence-electron chi connectivity index (χ1n) is 5.71. The Morgan fingerprint density at radius 1 is 1.40 bits per heavy atom. The van der Waals surface area contributed by atoms with E-state index < -0.39 is 0 Å². The summed E-state index contributed by atoms with van der Waals surface area (Å²) in [4.78, 5) is 13.7. The highest BCUT2D eigenvalue weighted by Crippen LogP contribution is 2.23. The molecule has 0 saturated heterocycles. The molecule has 3 nitrogen and oxygen atoms in total. The Hall–Kier alpha value is -0.570. The molecule has 0 aliphatic carbocycles. The van der Waals surface area contributed by atoms with E-state index in [2.05, 4.69) is 27.7 Å². The molecule has 0 fully saturated rings. The van der Waals surface area contributed by atoms with Gasteiger partial charge in [0, 0.05) is 25.6 Å². The van der Waals surface area contributed by atoms with E-state index in [1.54, 1.807) is 0 Å². The Morgan fingerprint density at radius 3 is 2.20 bits per heavy atom. The van der Waals surface area contributed by atoms with Crippen LogP contribution in [0.1, 0.15) is 47.5 Å². The smallest absolute Gasteiger partial charge is 0.224 e. The third kappa shape index (κ3) is 4.65. The molecule has 0 aliphatic rings. The van der Waals surface area contributed by atoms with Crippen molar-refractivity contribution in [1.82, 2.24) is 4.90 Å². The minimum absolute atomic E-state index is 0.00730. The van der Waals surface area contributed by atoms with Crippen LogP contribution >= 0.6 is 0 Å². The van der Waals surface area contributed by atoms with Gasteiger partial charge in [-0.05, 0) is 18.8 Å². The molecule has 1 amide bonds.